The van der Waals surface area contributed by atoms with Gasteiger partial charge >= 0.3 is 5.97 Å². The van der Waals surface area contributed by atoms with Crippen LogP contribution in [-0.4, -0.2) is 23.7 Å². The Morgan fingerprint density at radius 3 is 1.74 bits per heavy atom. The highest BCUT2D eigenvalue weighted by molar-refractivity contribution is 5.85. The summed E-state index contributed by atoms with van der Waals surface area (Å²) in [7, 11) is 0. The van der Waals surface area contributed by atoms with Crippen LogP contribution in [0.2, 0.25) is 0 Å². The average Bonchev–Trinajstić information content (AvgIpc) is 2.93. The summed E-state index contributed by atoms with van der Waals surface area (Å²) in [5.41, 5.74) is 2.42. The molecule has 0 saturated carbocycles. The molecule has 38 heavy (non-hydrogen) atoms. The van der Waals surface area contributed by atoms with Gasteiger partial charge in [0.05, 0.1) is 0 Å². The van der Waals surface area contributed by atoms with Crippen molar-refractivity contribution in [1.82, 2.24) is 5.32 Å². The van der Waals surface area contributed by atoms with Gasteiger partial charge in [0.2, 0.25) is 5.91 Å². The van der Waals surface area contributed by atoms with Crippen LogP contribution in [0.4, 0.5) is 0 Å². The van der Waals surface area contributed by atoms with Crippen LogP contribution < -0.4 is 5.32 Å². The summed E-state index contributed by atoms with van der Waals surface area (Å²) in [5.74, 6) is -0.448. The molecule has 0 fully saturated rings. The molecule has 0 bridgehead atoms. The summed E-state index contributed by atoms with van der Waals surface area (Å²) in [6.07, 6.45) is 4.69. The first-order valence-corrected chi connectivity index (χ1v) is 13.6. The highest BCUT2D eigenvalue weighted by Crippen LogP contribution is 2.41. The molecule has 3 aromatic rings. The SMILES string of the molecule is CCC(NC(=O)CCCCCCC(C)=O)C(=O)OC(c1ccccc1)(c1ccccc1)c1ccc(C)cc1. The Hall–Kier alpha value is -3.73. The normalized spacial score (nSPS) is 12.0. The van der Waals surface area contributed by atoms with Crippen LogP contribution in [0.5, 0.6) is 0 Å². The van der Waals surface area contributed by atoms with E-state index in [1.807, 2.05) is 98.8 Å². The fraction of sp³-hybridized carbons (Fsp3) is 0.364. The van der Waals surface area contributed by atoms with Gasteiger partial charge in [-0.25, -0.2) is 4.79 Å². The fourth-order valence-electron chi connectivity index (χ4n) is 4.64. The minimum atomic E-state index is -1.18. The number of carbonyl (C=O) groups excluding carboxylic acids is 3. The standard InChI is InChI=1S/C33H39NO4/c1-4-30(34-31(36)20-14-6-5-9-15-26(3)35)32(37)38-33(27-16-10-7-11-17-27,28-18-12-8-13-19-28)29-23-21-25(2)22-24-29/h7-8,10-13,16-19,21-24,30H,4-6,9,14-15,20H2,1-3H3,(H,34,36). The molecule has 1 atom stereocenters. The van der Waals surface area contributed by atoms with Gasteiger partial charge in [-0.05, 0) is 33.1 Å². The minimum absolute atomic E-state index is 0.166. The zero-order chi connectivity index (χ0) is 27.4. The van der Waals surface area contributed by atoms with Gasteiger partial charge in [0.25, 0.3) is 0 Å². The second-order valence-electron chi connectivity index (χ2n) is 9.84. The number of benzene rings is 3. The maximum Gasteiger partial charge on any atom is 0.330 e. The van der Waals surface area contributed by atoms with Gasteiger partial charge < -0.3 is 14.8 Å². The van der Waals surface area contributed by atoms with E-state index in [0.29, 0.717) is 19.3 Å². The van der Waals surface area contributed by atoms with E-state index >= 15 is 0 Å². The molecule has 3 rings (SSSR count). The molecule has 0 aliphatic carbocycles. The fourth-order valence-corrected chi connectivity index (χ4v) is 4.64. The molecule has 5 nitrogen and oxygen atoms in total. The summed E-state index contributed by atoms with van der Waals surface area (Å²) < 4.78 is 6.48. The van der Waals surface area contributed by atoms with Crippen LogP contribution in [0.1, 0.15) is 81.0 Å². The monoisotopic (exact) mass is 513 g/mol. The van der Waals surface area contributed by atoms with Crippen molar-refractivity contribution in [2.45, 2.75) is 77.4 Å². The van der Waals surface area contributed by atoms with E-state index in [1.54, 1.807) is 6.92 Å². The number of unbranched alkanes of at least 4 members (excludes halogenated alkanes) is 3. The topological polar surface area (TPSA) is 72.5 Å². The number of amides is 1. The highest BCUT2D eigenvalue weighted by Gasteiger charge is 2.42. The van der Waals surface area contributed by atoms with Gasteiger partial charge in [0.1, 0.15) is 11.8 Å². The third-order valence-electron chi connectivity index (χ3n) is 6.78. The van der Waals surface area contributed by atoms with Crippen molar-refractivity contribution in [3.8, 4) is 0 Å². The molecule has 1 amide bonds. The summed E-state index contributed by atoms with van der Waals surface area (Å²) in [6, 6.07) is 26.7. The number of carbonyl (C=O) groups is 3. The van der Waals surface area contributed by atoms with Crippen molar-refractivity contribution in [3.05, 3.63) is 107 Å². The molecule has 0 aliphatic rings. The zero-order valence-corrected chi connectivity index (χ0v) is 22.7. The Morgan fingerprint density at radius 2 is 1.24 bits per heavy atom. The second-order valence-corrected chi connectivity index (χ2v) is 9.84. The number of rotatable bonds is 14. The zero-order valence-electron chi connectivity index (χ0n) is 22.7. The van der Waals surface area contributed by atoms with E-state index in [2.05, 4.69) is 5.32 Å². The van der Waals surface area contributed by atoms with Gasteiger partial charge in [-0.2, -0.15) is 0 Å². The van der Waals surface area contributed by atoms with Crippen LogP contribution in [-0.2, 0) is 24.7 Å². The van der Waals surface area contributed by atoms with Gasteiger partial charge in [0, 0.05) is 29.5 Å². The smallest absolute Gasteiger partial charge is 0.330 e. The van der Waals surface area contributed by atoms with Gasteiger partial charge in [-0.3, -0.25) is 4.79 Å². The molecular weight excluding hydrogens is 474 g/mol. The lowest BCUT2D eigenvalue weighted by Gasteiger charge is -2.36. The predicted molar refractivity (Wildman–Crippen MR) is 151 cm³/mol. The van der Waals surface area contributed by atoms with Gasteiger partial charge in [-0.1, -0.05) is 110 Å². The number of aryl methyl sites for hydroxylation is 1. The quantitative estimate of drug-likeness (QED) is 0.149. The largest absolute Gasteiger partial charge is 0.443 e. The lowest BCUT2D eigenvalue weighted by molar-refractivity contribution is -0.157. The molecule has 0 aromatic heterocycles. The Balaban J connectivity index is 1.84. The van der Waals surface area contributed by atoms with Crippen molar-refractivity contribution in [2.75, 3.05) is 0 Å². The molecular formula is C33H39NO4. The molecule has 0 aliphatic heterocycles. The first-order valence-electron chi connectivity index (χ1n) is 13.6. The minimum Gasteiger partial charge on any atom is -0.443 e. The van der Waals surface area contributed by atoms with E-state index in [9.17, 15) is 14.4 Å². The maximum atomic E-state index is 13.7. The Kier molecular flexibility index (Phi) is 10.8. The number of ether oxygens (including phenoxy) is 1. The van der Waals surface area contributed by atoms with Crippen molar-refractivity contribution in [3.63, 3.8) is 0 Å². The lowest BCUT2D eigenvalue weighted by Crippen LogP contribution is -2.45. The molecule has 0 heterocycles. The van der Waals surface area contributed by atoms with Crippen LogP contribution in [0, 0.1) is 6.92 Å². The van der Waals surface area contributed by atoms with E-state index < -0.39 is 17.6 Å². The summed E-state index contributed by atoms with van der Waals surface area (Å²) in [5, 5.41) is 2.89. The average molecular weight is 514 g/mol. The van der Waals surface area contributed by atoms with Gasteiger partial charge in [0.15, 0.2) is 5.60 Å². The number of Topliss-reactive ketones (excluding diaryl/α,β-unsaturated/α-hetero) is 1. The maximum absolute atomic E-state index is 13.7. The first-order chi connectivity index (χ1) is 18.4. The number of ketones is 1. The van der Waals surface area contributed by atoms with Gasteiger partial charge in [-0.15, -0.1) is 0 Å². The molecule has 1 unspecified atom stereocenters. The summed E-state index contributed by atoms with van der Waals surface area (Å²) >= 11 is 0. The Labute approximate surface area is 226 Å². The number of esters is 1. The molecule has 0 radical (unpaired) electrons. The molecule has 5 heteroatoms. The first kappa shape index (κ1) is 28.8. The van der Waals surface area contributed by atoms with Crippen LogP contribution in [0.25, 0.3) is 0 Å². The van der Waals surface area contributed by atoms with Crippen molar-refractivity contribution < 1.29 is 19.1 Å². The number of nitrogens with one attached hydrogen (secondary N) is 1. The van der Waals surface area contributed by atoms with Crippen molar-refractivity contribution in [2.24, 2.45) is 0 Å². The molecule has 0 spiro atoms. The van der Waals surface area contributed by atoms with Crippen molar-refractivity contribution >= 4 is 17.7 Å². The van der Waals surface area contributed by atoms with E-state index in [-0.39, 0.29) is 11.7 Å². The summed E-state index contributed by atoms with van der Waals surface area (Å²) in [6.45, 7) is 5.49. The Bertz CT molecular complexity index is 1130. The number of hydrogen-bond acceptors (Lipinski definition) is 4. The van der Waals surface area contributed by atoms with Crippen LogP contribution in [0.3, 0.4) is 0 Å². The van der Waals surface area contributed by atoms with Crippen LogP contribution in [0.15, 0.2) is 84.9 Å². The number of hydrogen-bond donors (Lipinski definition) is 1. The second kappa shape index (κ2) is 14.3. The van der Waals surface area contributed by atoms with E-state index in [4.69, 9.17) is 4.74 Å². The predicted octanol–water partition coefficient (Wildman–Crippen LogP) is 6.65. The lowest BCUT2D eigenvalue weighted by atomic mass is 9.79. The van der Waals surface area contributed by atoms with E-state index in [0.717, 1.165) is 47.9 Å². The highest BCUT2D eigenvalue weighted by atomic mass is 16.6. The molecule has 0 saturated heterocycles. The van der Waals surface area contributed by atoms with E-state index in [1.165, 1.54) is 0 Å². The molecule has 200 valence electrons. The summed E-state index contributed by atoms with van der Waals surface area (Å²) in [4.78, 5) is 37.5. The Morgan fingerprint density at radius 1 is 0.737 bits per heavy atom. The van der Waals surface area contributed by atoms with Crippen LogP contribution >= 0.6 is 0 Å². The van der Waals surface area contributed by atoms with Crippen molar-refractivity contribution in [1.29, 1.82) is 0 Å². The molecule has 1 N–H and O–H groups in total. The molecule has 3 aromatic carbocycles. The third-order valence-corrected chi connectivity index (χ3v) is 6.78. The third kappa shape index (κ3) is 7.64.